The first kappa shape index (κ1) is 12.9. The molecule has 0 atom stereocenters. The molecule has 1 aliphatic rings. The Morgan fingerprint density at radius 2 is 1.95 bits per heavy atom. The van der Waals surface area contributed by atoms with Gasteiger partial charge >= 0.3 is 5.76 Å². The number of nitrogens with zero attached hydrogens (tertiary/aromatic N) is 1. The van der Waals surface area contributed by atoms with E-state index in [9.17, 15) is 9.59 Å². The Labute approximate surface area is 126 Å². The molecule has 2 aromatic carbocycles. The number of oxazole rings is 1. The van der Waals surface area contributed by atoms with Gasteiger partial charge in [0.25, 0.3) is 5.91 Å². The highest BCUT2D eigenvalue weighted by atomic mass is 16.4. The zero-order valence-electron chi connectivity index (χ0n) is 11.8. The van der Waals surface area contributed by atoms with E-state index in [4.69, 9.17) is 4.42 Å². The van der Waals surface area contributed by atoms with Gasteiger partial charge in [0.2, 0.25) is 0 Å². The average molecular weight is 294 g/mol. The van der Waals surface area contributed by atoms with Gasteiger partial charge in [0.1, 0.15) is 0 Å². The summed E-state index contributed by atoms with van der Waals surface area (Å²) in [6.45, 7) is 1.31. The van der Waals surface area contributed by atoms with E-state index >= 15 is 0 Å². The summed E-state index contributed by atoms with van der Waals surface area (Å²) in [5.41, 5.74) is 4.04. The SMILES string of the molecule is O=C(c1ccc2[nH]c(=O)oc2c1)N1CCc2ccccc2C1. The minimum Gasteiger partial charge on any atom is -0.408 e. The van der Waals surface area contributed by atoms with E-state index in [0.717, 1.165) is 6.42 Å². The average Bonchev–Trinajstić information content (AvgIpc) is 2.92. The predicted octanol–water partition coefficient (Wildman–Crippen LogP) is 2.32. The van der Waals surface area contributed by atoms with Gasteiger partial charge in [-0.05, 0) is 35.7 Å². The van der Waals surface area contributed by atoms with Crippen LogP contribution in [0.15, 0.2) is 51.7 Å². The van der Waals surface area contributed by atoms with Crippen LogP contribution in [0.4, 0.5) is 0 Å². The number of carbonyl (C=O) groups is 1. The van der Waals surface area contributed by atoms with Gasteiger partial charge in [0.05, 0.1) is 5.52 Å². The molecule has 1 amide bonds. The van der Waals surface area contributed by atoms with Crippen molar-refractivity contribution in [3.63, 3.8) is 0 Å². The maximum absolute atomic E-state index is 12.7. The number of aromatic nitrogens is 1. The highest BCUT2D eigenvalue weighted by Crippen LogP contribution is 2.21. The predicted molar refractivity (Wildman–Crippen MR) is 81.7 cm³/mol. The second kappa shape index (κ2) is 4.87. The molecule has 0 spiro atoms. The first-order chi connectivity index (χ1) is 10.7. The summed E-state index contributed by atoms with van der Waals surface area (Å²) in [7, 11) is 0. The maximum atomic E-state index is 12.7. The van der Waals surface area contributed by atoms with Crippen molar-refractivity contribution in [2.24, 2.45) is 0 Å². The number of amides is 1. The molecule has 3 aromatic rings. The quantitative estimate of drug-likeness (QED) is 0.749. The molecule has 1 N–H and O–H groups in total. The lowest BCUT2D eigenvalue weighted by atomic mass is 9.99. The number of rotatable bonds is 1. The third-order valence-corrected chi connectivity index (χ3v) is 4.09. The van der Waals surface area contributed by atoms with Crippen molar-refractivity contribution in [1.29, 1.82) is 0 Å². The summed E-state index contributed by atoms with van der Waals surface area (Å²) in [4.78, 5) is 28.2. The number of benzene rings is 2. The van der Waals surface area contributed by atoms with Crippen molar-refractivity contribution in [3.05, 3.63) is 69.7 Å². The van der Waals surface area contributed by atoms with Gasteiger partial charge < -0.3 is 9.32 Å². The number of H-pyrrole nitrogens is 1. The Bertz CT molecular complexity index is 923. The number of hydrogen-bond acceptors (Lipinski definition) is 3. The zero-order valence-corrected chi connectivity index (χ0v) is 11.8. The van der Waals surface area contributed by atoms with Crippen LogP contribution in [0.1, 0.15) is 21.5 Å². The van der Waals surface area contributed by atoms with Gasteiger partial charge in [-0.2, -0.15) is 0 Å². The van der Waals surface area contributed by atoms with Crippen molar-refractivity contribution in [1.82, 2.24) is 9.88 Å². The van der Waals surface area contributed by atoms with Crippen LogP contribution in [-0.4, -0.2) is 22.3 Å². The minimum atomic E-state index is -0.508. The van der Waals surface area contributed by atoms with Crippen molar-refractivity contribution < 1.29 is 9.21 Å². The molecule has 0 bridgehead atoms. The molecule has 0 unspecified atom stereocenters. The number of fused-ring (bicyclic) bond motifs is 2. The molecule has 0 saturated heterocycles. The number of carbonyl (C=O) groups excluding carboxylic acids is 1. The van der Waals surface area contributed by atoms with Crippen LogP contribution in [-0.2, 0) is 13.0 Å². The molecule has 1 aliphatic heterocycles. The fraction of sp³-hybridized carbons (Fsp3) is 0.176. The molecule has 5 heteroatoms. The molecule has 2 heterocycles. The second-order valence-corrected chi connectivity index (χ2v) is 5.47. The summed E-state index contributed by atoms with van der Waals surface area (Å²) in [5.74, 6) is -0.549. The maximum Gasteiger partial charge on any atom is 0.417 e. The van der Waals surface area contributed by atoms with Crippen LogP contribution in [0, 0.1) is 0 Å². The monoisotopic (exact) mass is 294 g/mol. The highest BCUT2D eigenvalue weighted by Gasteiger charge is 2.22. The molecule has 0 saturated carbocycles. The lowest BCUT2D eigenvalue weighted by Crippen LogP contribution is -2.35. The largest absolute Gasteiger partial charge is 0.417 e. The first-order valence-corrected chi connectivity index (χ1v) is 7.20. The number of nitrogens with one attached hydrogen (secondary N) is 1. The fourth-order valence-corrected chi connectivity index (χ4v) is 2.93. The van der Waals surface area contributed by atoms with Crippen LogP contribution in [0.5, 0.6) is 0 Å². The highest BCUT2D eigenvalue weighted by molar-refractivity contribution is 5.97. The van der Waals surface area contributed by atoms with E-state index in [1.54, 1.807) is 18.2 Å². The minimum absolute atomic E-state index is 0.0414. The first-order valence-electron chi connectivity index (χ1n) is 7.20. The lowest BCUT2D eigenvalue weighted by Gasteiger charge is -2.28. The smallest absolute Gasteiger partial charge is 0.408 e. The normalized spacial score (nSPS) is 14.1. The molecule has 1 aromatic heterocycles. The van der Waals surface area contributed by atoms with E-state index in [1.807, 2.05) is 17.0 Å². The van der Waals surface area contributed by atoms with Crippen LogP contribution in [0.25, 0.3) is 11.1 Å². The van der Waals surface area contributed by atoms with Gasteiger partial charge in [-0.3, -0.25) is 9.78 Å². The van der Waals surface area contributed by atoms with Gasteiger partial charge in [-0.1, -0.05) is 24.3 Å². The standard InChI is InChI=1S/C17H14N2O3/c20-16(12-5-6-14-15(9-12)22-17(21)18-14)19-8-7-11-3-1-2-4-13(11)10-19/h1-6,9H,7-8,10H2,(H,18,21). The molecular formula is C17H14N2O3. The van der Waals surface area contributed by atoms with Crippen LogP contribution in [0.2, 0.25) is 0 Å². The third-order valence-electron chi connectivity index (χ3n) is 4.09. The van der Waals surface area contributed by atoms with Crippen LogP contribution in [0.3, 0.4) is 0 Å². The third kappa shape index (κ3) is 2.11. The van der Waals surface area contributed by atoms with Gasteiger partial charge in [-0.15, -0.1) is 0 Å². The summed E-state index contributed by atoms with van der Waals surface area (Å²) in [6.07, 6.45) is 0.864. The number of hydrogen-bond donors (Lipinski definition) is 1. The Balaban J connectivity index is 1.64. The summed E-state index contributed by atoms with van der Waals surface area (Å²) in [6, 6.07) is 13.2. The number of aromatic amines is 1. The fourth-order valence-electron chi connectivity index (χ4n) is 2.93. The van der Waals surface area contributed by atoms with Crippen molar-refractivity contribution in [2.75, 3.05) is 6.54 Å². The molecule has 4 rings (SSSR count). The summed E-state index contributed by atoms with van der Waals surface area (Å²) in [5, 5.41) is 0. The van der Waals surface area contributed by atoms with E-state index in [-0.39, 0.29) is 5.91 Å². The summed E-state index contributed by atoms with van der Waals surface area (Å²) >= 11 is 0. The van der Waals surface area contributed by atoms with E-state index in [0.29, 0.717) is 29.8 Å². The van der Waals surface area contributed by atoms with Crippen LogP contribution < -0.4 is 5.76 Å². The van der Waals surface area contributed by atoms with Crippen molar-refractivity contribution in [3.8, 4) is 0 Å². The second-order valence-electron chi connectivity index (χ2n) is 5.47. The summed E-state index contributed by atoms with van der Waals surface area (Å²) < 4.78 is 5.02. The molecular weight excluding hydrogens is 280 g/mol. The van der Waals surface area contributed by atoms with Gasteiger partial charge in [0, 0.05) is 18.7 Å². The van der Waals surface area contributed by atoms with Gasteiger partial charge in [-0.25, -0.2) is 4.79 Å². The zero-order chi connectivity index (χ0) is 15.1. The Hall–Kier alpha value is -2.82. The van der Waals surface area contributed by atoms with E-state index in [2.05, 4.69) is 17.1 Å². The molecule has 5 nitrogen and oxygen atoms in total. The molecule has 110 valence electrons. The van der Waals surface area contributed by atoms with Crippen molar-refractivity contribution in [2.45, 2.75) is 13.0 Å². The Morgan fingerprint density at radius 3 is 2.82 bits per heavy atom. The van der Waals surface area contributed by atoms with Crippen molar-refractivity contribution >= 4 is 17.0 Å². The van der Waals surface area contributed by atoms with E-state index < -0.39 is 5.76 Å². The van der Waals surface area contributed by atoms with E-state index in [1.165, 1.54) is 11.1 Å². The molecule has 0 aliphatic carbocycles. The Morgan fingerprint density at radius 1 is 1.14 bits per heavy atom. The molecule has 0 fully saturated rings. The van der Waals surface area contributed by atoms with Gasteiger partial charge in [0.15, 0.2) is 5.58 Å². The topological polar surface area (TPSA) is 66.3 Å². The lowest BCUT2D eigenvalue weighted by molar-refractivity contribution is 0.0734. The van der Waals surface area contributed by atoms with Crippen LogP contribution >= 0.6 is 0 Å². The Kier molecular flexibility index (Phi) is 2.85. The molecule has 0 radical (unpaired) electrons. The molecule has 22 heavy (non-hydrogen) atoms.